The van der Waals surface area contributed by atoms with Crippen molar-refractivity contribution in [1.82, 2.24) is 10.2 Å². The highest BCUT2D eigenvalue weighted by Gasteiger charge is 2.25. The second-order valence-corrected chi connectivity index (χ2v) is 6.81. The first-order chi connectivity index (χ1) is 11.5. The number of carbonyl (C=O) groups excluding carboxylic acids is 2. The molecule has 5 nitrogen and oxygen atoms in total. The minimum absolute atomic E-state index is 0.00304. The largest absolute Gasteiger partial charge is 0.483 e. The summed E-state index contributed by atoms with van der Waals surface area (Å²) in [6.45, 7) is 3.24. The van der Waals surface area contributed by atoms with Crippen molar-refractivity contribution in [2.45, 2.75) is 37.1 Å². The standard InChI is InChI=1S/C17H22Cl2N2O3/c1-2-12-5-3-4-6-14(12)24-11-15(22)21-9-7-13(8-10-21)20-17(23)16(18)19/h3-6,13,16H,2,7-11H2,1H3,(H,20,23). The van der Waals surface area contributed by atoms with Gasteiger partial charge in [0, 0.05) is 19.1 Å². The van der Waals surface area contributed by atoms with Gasteiger partial charge in [-0.25, -0.2) is 0 Å². The summed E-state index contributed by atoms with van der Waals surface area (Å²) >= 11 is 11.0. The van der Waals surface area contributed by atoms with Crippen molar-refractivity contribution in [3.63, 3.8) is 0 Å². The van der Waals surface area contributed by atoms with Crippen LogP contribution in [0.4, 0.5) is 0 Å². The minimum Gasteiger partial charge on any atom is -0.483 e. The van der Waals surface area contributed by atoms with Crippen LogP contribution >= 0.6 is 23.2 Å². The molecule has 1 aromatic carbocycles. The quantitative estimate of drug-likeness (QED) is 0.780. The van der Waals surface area contributed by atoms with Gasteiger partial charge in [0.25, 0.3) is 11.8 Å². The summed E-state index contributed by atoms with van der Waals surface area (Å²) in [5.74, 6) is 0.326. The molecule has 24 heavy (non-hydrogen) atoms. The van der Waals surface area contributed by atoms with Crippen molar-refractivity contribution < 1.29 is 14.3 Å². The molecule has 1 fully saturated rings. The van der Waals surface area contributed by atoms with E-state index in [1.165, 1.54) is 0 Å². The Morgan fingerprint density at radius 1 is 1.29 bits per heavy atom. The van der Waals surface area contributed by atoms with Gasteiger partial charge in [0.1, 0.15) is 5.75 Å². The molecule has 0 unspecified atom stereocenters. The normalized spacial score (nSPS) is 15.4. The van der Waals surface area contributed by atoms with Crippen molar-refractivity contribution in [2.24, 2.45) is 0 Å². The number of amides is 2. The van der Waals surface area contributed by atoms with Gasteiger partial charge >= 0.3 is 0 Å². The van der Waals surface area contributed by atoms with Gasteiger partial charge in [0.2, 0.25) is 0 Å². The number of halogens is 2. The fraction of sp³-hybridized carbons (Fsp3) is 0.529. The fourth-order valence-electron chi connectivity index (χ4n) is 2.70. The van der Waals surface area contributed by atoms with Crippen LogP contribution < -0.4 is 10.1 Å². The zero-order chi connectivity index (χ0) is 17.5. The van der Waals surface area contributed by atoms with Crippen molar-refractivity contribution in [2.75, 3.05) is 19.7 Å². The zero-order valence-electron chi connectivity index (χ0n) is 13.6. The lowest BCUT2D eigenvalue weighted by atomic mass is 10.1. The molecule has 1 aliphatic heterocycles. The summed E-state index contributed by atoms with van der Waals surface area (Å²) in [6.07, 6.45) is 2.23. The third-order valence-electron chi connectivity index (χ3n) is 4.10. The van der Waals surface area contributed by atoms with E-state index in [0.717, 1.165) is 17.7 Å². The Morgan fingerprint density at radius 3 is 2.58 bits per heavy atom. The van der Waals surface area contributed by atoms with Crippen molar-refractivity contribution in [3.8, 4) is 5.75 Å². The molecule has 0 spiro atoms. The van der Waals surface area contributed by atoms with E-state index in [0.29, 0.717) is 25.9 Å². The average Bonchev–Trinajstić information content (AvgIpc) is 2.60. The van der Waals surface area contributed by atoms with Crippen LogP contribution in [0.3, 0.4) is 0 Å². The number of hydrogen-bond donors (Lipinski definition) is 1. The van der Waals surface area contributed by atoms with Gasteiger partial charge < -0.3 is 15.0 Å². The zero-order valence-corrected chi connectivity index (χ0v) is 15.1. The molecular weight excluding hydrogens is 351 g/mol. The van der Waals surface area contributed by atoms with Crippen LogP contribution in [0.1, 0.15) is 25.3 Å². The number of nitrogens with zero attached hydrogens (tertiary/aromatic N) is 1. The second kappa shape index (κ2) is 9.14. The molecule has 0 bridgehead atoms. The van der Waals surface area contributed by atoms with E-state index in [9.17, 15) is 9.59 Å². The van der Waals surface area contributed by atoms with Gasteiger partial charge in [-0.2, -0.15) is 0 Å². The number of carbonyl (C=O) groups is 2. The summed E-state index contributed by atoms with van der Waals surface area (Å²) in [7, 11) is 0. The predicted molar refractivity (Wildman–Crippen MR) is 94.6 cm³/mol. The lowest BCUT2D eigenvalue weighted by molar-refractivity contribution is -0.134. The van der Waals surface area contributed by atoms with Gasteiger partial charge in [0.15, 0.2) is 11.4 Å². The monoisotopic (exact) mass is 372 g/mol. The Labute approximate surface area is 152 Å². The molecule has 2 amide bonds. The summed E-state index contributed by atoms with van der Waals surface area (Å²) < 4.78 is 5.67. The van der Waals surface area contributed by atoms with Crippen molar-refractivity contribution >= 4 is 35.0 Å². The van der Waals surface area contributed by atoms with E-state index in [1.807, 2.05) is 24.3 Å². The Hall–Kier alpha value is -1.46. The van der Waals surface area contributed by atoms with Crippen molar-refractivity contribution in [1.29, 1.82) is 0 Å². The molecule has 0 aromatic heterocycles. The number of para-hydroxylation sites is 1. The van der Waals surface area contributed by atoms with E-state index in [-0.39, 0.29) is 24.5 Å². The molecule has 1 saturated heterocycles. The van der Waals surface area contributed by atoms with E-state index in [4.69, 9.17) is 27.9 Å². The summed E-state index contributed by atoms with van der Waals surface area (Å²) in [4.78, 5) is 24.5. The van der Waals surface area contributed by atoms with Gasteiger partial charge in [-0.1, -0.05) is 48.3 Å². The Bertz CT molecular complexity index is 573. The van der Waals surface area contributed by atoms with Gasteiger partial charge in [-0.3, -0.25) is 9.59 Å². The Balaban J connectivity index is 1.78. The maximum atomic E-state index is 12.3. The smallest absolute Gasteiger partial charge is 0.260 e. The molecule has 2 rings (SSSR count). The number of aryl methyl sites for hydroxylation is 1. The summed E-state index contributed by atoms with van der Waals surface area (Å²) in [5.41, 5.74) is 1.09. The first-order valence-electron chi connectivity index (χ1n) is 8.08. The number of ether oxygens (including phenoxy) is 1. The lowest BCUT2D eigenvalue weighted by Gasteiger charge is -2.32. The number of nitrogens with one attached hydrogen (secondary N) is 1. The van der Waals surface area contributed by atoms with Crippen LogP contribution in [0.25, 0.3) is 0 Å². The molecule has 0 radical (unpaired) electrons. The highest BCUT2D eigenvalue weighted by Crippen LogP contribution is 2.19. The van der Waals surface area contributed by atoms with E-state index in [2.05, 4.69) is 12.2 Å². The predicted octanol–water partition coefficient (Wildman–Crippen LogP) is 2.54. The molecule has 1 aliphatic rings. The molecule has 0 aliphatic carbocycles. The van der Waals surface area contributed by atoms with E-state index >= 15 is 0 Å². The fourth-order valence-corrected chi connectivity index (χ4v) is 2.83. The minimum atomic E-state index is -1.06. The number of alkyl halides is 2. The first kappa shape index (κ1) is 18.9. The highest BCUT2D eigenvalue weighted by atomic mass is 35.5. The van der Waals surface area contributed by atoms with Crippen LogP contribution in [0.2, 0.25) is 0 Å². The lowest BCUT2D eigenvalue weighted by Crippen LogP contribution is -2.48. The Kier molecular flexibility index (Phi) is 7.18. The SMILES string of the molecule is CCc1ccccc1OCC(=O)N1CCC(NC(=O)C(Cl)Cl)CC1. The number of rotatable bonds is 6. The summed E-state index contributed by atoms with van der Waals surface area (Å²) in [5, 5.41) is 2.78. The number of piperidine rings is 1. The van der Waals surface area contributed by atoms with Gasteiger partial charge in [0.05, 0.1) is 0 Å². The highest BCUT2D eigenvalue weighted by molar-refractivity contribution is 6.53. The maximum Gasteiger partial charge on any atom is 0.260 e. The van der Waals surface area contributed by atoms with Crippen LogP contribution in [0.5, 0.6) is 5.75 Å². The maximum absolute atomic E-state index is 12.3. The topological polar surface area (TPSA) is 58.6 Å². The van der Waals surface area contributed by atoms with Crippen LogP contribution in [-0.4, -0.2) is 47.3 Å². The molecule has 1 aromatic rings. The first-order valence-corrected chi connectivity index (χ1v) is 8.95. The van der Waals surface area contributed by atoms with Gasteiger partial charge in [-0.15, -0.1) is 0 Å². The number of benzene rings is 1. The average molecular weight is 373 g/mol. The van der Waals surface area contributed by atoms with E-state index < -0.39 is 4.84 Å². The van der Waals surface area contributed by atoms with Crippen LogP contribution in [0.15, 0.2) is 24.3 Å². The third kappa shape index (κ3) is 5.28. The molecule has 0 saturated carbocycles. The second-order valence-electron chi connectivity index (χ2n) is 5.71. The van der Waals surface area contributed by atoms with Crippen LogP contribution in [0, 0.1) is 0 Å². The molecule has 1 N–H and O–H groups in total. The summed E-state index contributed by atoms with van der Waals surface area (Å²) in [6, 6.07) is 7.73. The molecule has 1 heterocycles. The van der Waals surface area contributed by atoms with E-state index in [1.54, 1.807) is 4.90 Å². The molecule has 7 heteroatoms. The number of likely N-dealkylation sites (tertiary alicyclic amines) is 1. The van der Waals surface area contributed by atoms with Crippen LogP contribution in [-0.2, 0) is 16.0 Å². The van der Waals surface area contributed by atoms with Gasteiger partial charge in [-0.05, 0) is 30.9 Å². The third-order valence-corrected chi connectivity index (χ3v) is 4.49. The Morgan fingerprint density at radius 2 is 1.96 bits per heavy atom. The molecule has 132 valence electrons. The molecular formula is C17H22Cl2N2O3. The number of hydrogen-bond acceptors (Lipinski definition) is 3. The van der Waals surface area contributed by atoms with Crippen molar-refractivity contribution in [3.05, 3.63) is 29.8 Å². The molecule has 0 atom stereocenters.